The fraction of sp³-hybridized carbons (Fsp3) is 0.526. The zero-order valence-corrected chi connectivity index (χ0v) is 15.0. The van der Waals surface area contributed by atoms with Gasteiger partial charge in [0.25, 0.3) is 0 Å². The molecule has 0 aromatic heterocycles. The van der Waals surface area contributed by atoms with Gasteiger partial charge in [-0.3, -0.25) is 4.79 Å². The minimum absolute atomic E-state index is 0.0417. The first-order valence-corrected chi connectivity index (χ1v) is 7.98. The predicted octanol–water partition coefficient (Wildman–Crippen LogP) is 5.40. The van der Waals surface area contributed by atoms with E-state index in [1.165, 1.54) is 13.0 Å². The summed E-state index contributed by atoms with van der Waals surface area (Å²) in [5.74, 6) is -0.0417. The summed E-state index contributed by atoms with van der Waals surface area (Å²) in [4.78, 5) is 11.2. The average Bonchev–Trinajstić information content (AvgIpc) is 2.90. The van der Waals surface area contributed by atoms with E-state index >= 15 is 0 Å². The Hall–Kier alpha value is -1.41. The Kier molecular flexibility index (Phi) is 19.5. The van der Waals surface area contributed by atoms with Gasteiger partial charge in [0.1, 0.15) is 0 Å². The number of aliphatic hydroxyl groups is 1. The zero-order chi connectivity index (χ0) is 17.4. The molecule has 1 atom stereocenters. The van der Waals surface area contributed by atoms with Gasteiger partial charge in [-0.1, -0.05) is 66.9 Å². The molecule has 1 aliphatic rings. The van der Waals surface area contributed by atoms with Gasteiger partial charge in [-0.15, -0.1) is 0 Å². The largest absolute Gasteiger partial charge is 0.388 e. The highest BCUT2D eigenvalue weighted by molar-refractivity contribution is 5.96. The van der Waals surface area contributed by atoms with Crippen molar-refractivity contribution in [2.75, 3.05) is 0 Å². The number of hydrogen-bond acceptors (Lipinski definition) is 2. The third kappa shape index (κ3) is 9.19. The first kappa shape index (κ1) is 24.6. The van der Waals surface area contributed by atoms with Crippen molar-refractivity contribution in [3.8, 4) is 0 Å². The Labute approximate surface area is 132 Å². The number of aliphatic hydroxyl groups excluding tert-OH is 1. The highest BCUT2D eigenvalue weighted by Crippen LogP contribution is 2.29. The minimum atomic E-state index is -0.479. The maximum absolute atomic E-state index is 11.2. The molecular weight excluding hydrogens is 260 g/mol. The van der Waals surface area contributed by atoms with Gasteiger partial charge in [0.2, 0.25) is 0 Å². The number of Topliss-reactive ketones (excluding diaryl/α,β-unsaturated/α-hetero) is 1. The molecule has 0 spiro atoms. The number of allylic oxidation sites excluding steroid dienone is 4. The average molecular weight is 294 g/mol. The normalized spacial score (nSPS) is 16.4. The van der Waals surface area contributed by atoms with Crippen LogP contribution in [-0.4, -0.2) is 17.0 Å². The molecule has 1 N–H and O–H groups in total. The van der Waals surface area contributed by atoms with Crippen molar-refractivity contribution in [3.05, 3.63) is 48.1 Å². The van der Waals surface area contributed by atoms with Crippen LogP contribution < -0.4 is 0 Å². The van der Waals surface area contributed by atoms with Crippen molar-refractivity contribution in [1.29, 1.82) is 0 Å². The van der Waals surface area contributed by atoms with Gasteiger partial charge in [-0.25, -0.2) is 0 Å². The summed E-state index contributed by atoms with van der Waals surface area (Å²) in [6.45, 7) is 20.8. The monoisotopic (exact) mass is 294 g/mol. The lowest BCUT2D eigenvalue weighted by Crippen LogP contribution is -2.04. The second-order valence-electron chi connectivity index (χ2n) is 3.60. The van der Waals surface area contributed by atoms with E-state index in [1.807, 2.05) is 41.5 Å². The molecule has 1 aliphatic carbocycles. The van der Waals surface area contributed by atoms with Gasteiger partial charge in [0.05, 0.1) is 6.10 Å². The van der Waals surface area contributed by atoms with Gasteiger partial charge in [0.15, 0.2) is 5.78 Å². The lowest BCUT2D eigenvalue weighted by molar-refractivity contribution is -0.113. The van der Waals surface area contributed by atoms with Gasteiger partial charge in [-0.05, 0) is 37.0 Å². The molecule has 21 heavy (non-hydrogen) atoms. The summed E-state index contributed by atoms with van der Waals surface area (Å²) >= 11 is 0. The molecule has 0 bridgehead atoms. The second-order valence-corrected chi connectivity index (χ2v) is 3.60. The molecule has 0 saturated carbocycles. The Morgan fingerprint density at radius 3 is 1.95 bits per heavy atom. The van der Waals surface area contributed by atoms with Crippen LogP contribution in [0, 0.1) is 0 Å². The van der Waals surface area contributed by atoms with E-state index in [4.69, 9.17) is 0 Å². The summed E-state index contributed by atoms with van der Waals surface area (Å²) in [6, 6.07) is 0. The van der Waals surface area contributed by atoms with E-state index in [9.17, 15) is 9.90 Å². The fourth-order valence-corrected chi connectivity index (χ4v) is 1.69. The number of carbonyl (C=O) groups excluding carboxylic acids is 1. The van der Waals surface area contributed by atoms with Gasteiger partial charge >= 0.3 is 0 Å². The van der Waals surface area contributed by atoms with Crippen LogP contribution in [0.3, 0.4) is 0 Å². The van der Waals surface area contributed by atoms with Crippen molar-refractivity contribution in [2.24, 2.45) is 0 Å². The van der Waals surface area contributed by atoms with E-state index in [0.29, 0.717) is 12.0 Å². The zero-order valence-electron chi connectivity index (χ0n) is 15.0. The third-order valence-corrected chi connectivity index (χ3v) is 2.60. The Bertz CT molecular complexity index is 360. The third-order valence-electron chi connectivity index (χ3n) is 2.60. The van der Waals surface area contributed by atoms with Crippen LogP contribution in [0.4, 0.5) is 0 Å². The topological polar surface area (TPSA) is 37.3 Å². The molecule has 1 unspecified atom stereocenters. The van der Waals surface area contributed by atoms with Crippen LogP contribution in [0.1, 0.15) is 61.3 Å². The van der Waals surface area contributed by atoms with Crippen LogP contribution in [0.5, 0.6) is 0 Å². The molecule has 0 saturated heterocycles. The number of hydrogen-bond donors (Lipinski definition) is 1. The molecule has 0 aliphatic heterocycles. The fourth-order valence-electron chi connectivity index (χ4n) is 1.69. The van der Waals surface area contributed by atoms with Gasteiger partial charge in [-0.2, -0.15) is 0 Å². The summed E-state index contributed by atoms with van der Waals surface area (Å²) in [6.07, 6.45) is 6.01. The van der Waals surface area contributed by atoms with E-state index in [2.05, 4.69) is 13.2 Å². The van der Waals surface area contributed by atoms with E-state index in [-0.39, 0.29) is 5.78 Å². The molecule has 1 rings (SSSR count). The maximum atomic E-state index is 11.2. The minimum Gasteiger partial charge on any atom is -0.388 e. The molecule has 122 valence electrons. The summed E-state index contributed by atoms with van der Waals surface area (Å²) in [5, 5.41) is 9.72. The number of carbonyl (C=O) groups is 1. The second kappa shape index (κ2) is 16.6. The number of ketones is 1. The van der Waals surface area contributed by atoms with Crippen LogP contribution >= 0.6 is 0 Å². The molecule has 0 aromatic carbocycles. The first-order valence-electron chi connectivity index (χ1n) is 7.98. The molecule has 2 heteroatoms. The van der Waals surface area contributed by atoms with E-state index in [1.54, 1.807) is 12.2 Å². The van der Waals surface area contributed by atoms with Crippen LogP contribution in [0.15, 0.2) is 48.1 Å². The van der Waals surface area contributed by atoms with Gasteiger partial charge in [0, 0.05) is 5.57 Å². The van der Waals surface area contributed by atoms with Gasteiger partial charge < -0.3 is 5.11 Å². The molecule has 2 nitrogen and oxygen atoms in total. The SMILES string of the molecule is C=CC1=C(/C=C(\C=C)C(C)=O)C(O)CC1.CC.CC.CC. The van der Waals surface area contributed by atoms with Crippen molar-refractivity contribution < 1.29 is 9.90 Å². The predicted molar refractivity (Wildman–Crippen MR) is 95.5 cm³/mol. The summed E-state index contributed by atoms with van der Waals surface area (Å²) in [5.41, 5.74) is 2.35. The van der Waals surface area contributed by atoms with Crippen molar-refractivity contribution in [1.82, 2.24) is 0 Å². The van der Waals surface area contributed by atoms with Crippen molar-refractivity contribution in [2.45, 2.75) is 67.4 Å². The van der Waals surface area contributed by atoms with Crippen molar-refractivity contribution >= 4 is 5.78 Å². The quantitative estimate of drug-likeness (QED) is 0.556. The molecular formula is C19H34O2. The molecule has 0 fully saturated rings. The molecule has 0 amide bonds. The van der Waals surface area contributed by atoms with E-state index < -0.39 is 6.10 Å². The Morgan fingerprint density at radius 1 is 1.14 bits per heavy atom. The smallest absolute Gasteiger partial charge is 0.159 e. The summed E-state index contributed by atoms with van der Waals surface area (Å²) < 4.78 is 0. The molecule has 0 heterocycles. The van der Waals surface area contributed by atoms with Crippen molar-refractivity contribution in [3.63, 3.8) is 0 Å². The molecule has 0 aromatic rings. The highest BCUT2D eigenvalue weighted by Gasteiger charge is 2.20. The highest BCUT2D eigenvalue weighted by atomic mass is 16.3. The maximum Gasteiger partial charge on any atom is 0.159 e. The first-order chi connectivity index (χ1) is 10.1. The summed E-state index contributed by atoms with van der Waals surface area (Å²) in [7, 11) is 0. The lowest BCUT2D eigenvalue weighted by Gasteiger charge is -2.05. The van der Waals surface area contributed by atoms with Crippen LogP contribution in [-0.2, 0) is 4.79 Å². The van der Waals surface area contributed by atoms with E-state index in [0.717, 1.165) is 17.6 Å². The lowest BCUT2D eigenvalue weighted by atomic mass is 10.0. The van der Waals surface area contributed by atoms with Crippen LogP contribution in [0.2, 0.25) is 0 Å². The number of rotatable bonds is 4. The Balaban J connectivity index is -0.000000478. The Morgan fingerprint density at radius 2 is 1.62 bits per heavy atom. The molecule has 0 radical (unpaired) electrons. The van der Waals surface area contributed by atoms with Crippen LogP contribution in [0.25, 0.3) is 0 Å². The standard InChI is InChI=1S/C13H16O2.3C2H6/c1-4-10-6-7-13(15)12(10)8-11(5-2)9(3)14;3*1-2/h4-5,8,13,15H,1-2,6-7H2,3H3;3*1-2H3/b11-8+;;;.